The van der Waals surface area contributed by atoms with Crippen LogP contribution in [0.15, 0.2) is 16.6 Å². The third-order valence-corrected chi connectivity index (χ3v) is 4.83. The Morgan fingerprint density at radius 2 is 2.00 bits per heavy atom. The maximum Gasteiger partial charge on any atom is 0.190 e. The summed E-state index contributed by atoms with van der Waals surface area (Å²) in [5.41, 5.74) is 1.51. The van der Waals surface area contributed by atoms with Crippen molar-refractivity contribution in [1.29, 1.82) is 0 Å². The molecule has 1 aliphatic carbocycles. The summed E-state index contributed by atoms with van der Waals surface area (Å²) in [6.45, 7) is 3.64. The van der Waals surface area contributed by atoms with Gasteiger partial charge in [0.1, 0.15) is 0 Å². The van der Waals surface area contributed by atoms with E-state index in [1.807, 2.05) is 7.05 Å². The SMILES string of the molecule is CN=C(NCCCCC1CCCC1)NCCC1=CCOCC1.I. The molecule has 0 bridgehead atoms. The van der Waals surface area contributed by atoms with E-state index in [-0.39, 0.29) is 24.0 Å². The first kappa shape index (κ1) is 20.7. The fraction of sp³-hybridized carbons (Fsp3) is 0.833. The number of aliphatic imine (C=N–C) groups is 1. The Labute approximate surface area is 158 Å². The molecule has 1 fully saturated rings. The fourth-order valence-electron chi connectivity index (χ4n) is 3.42. The van der Waals surface area contributed by atoms with Crippen molar-refractivity contribution in [3.8, 4) is 0 Å². The molecule has 1 heterocycles. The van der Waals surface area contributed by atoms with Gasteiger partial charge in [-0.05, 0) is 25.2 Å². The zero-order chi connectivity index (χ0) is 15.5. The van der Waals surface area contributed by atoms with E-state index in [4.69, 9.17) is 4.74 Å². The largest absolute Gasteiger partial charge is 0.377 e. The molecule has 0 aromatic carbocycles. The van der Waals surface area contributed by atoms with Crippen LogP contribution in [0.3, 0.4) is 0 Å². The number of nitrogens with one attached hydrogen (secondary N) is 2. The lowest BCUT2D eigenvalue weighted by Gasteiger charge is -2.15. The number of guanidine groups is 1. The van der Waals surface area contributed by atoms with Crippen LogP contribution in [0, 0.1) is 5.92 Å². The molecule has 2 rings (SSSR count). The van der Waals surface area contributed by atoms with Crippen molar-refractivity contribution in [2.24, 2.45) is 10.9 Å². The second-order valence-corrected chi connectivity index (χ2v) is 6.51. The Bertz CT molecular complexity index is 365. The second-order valence-electron chi connectivity index (χ2n) is 6.51. The van der Waals surface area contributed by atoms with Crippen molar-refractivity contribution in [2.45, 2.75) is 57.8 Å². The van der Waals surface area contributed by atoms with Crippen LogP contribution in [0.25, 0.3) is 0 Å². The second kappa shape index (κ2) is 13.0. The van der Waals surface area contributed by atoms with Gasteiger partial charge in [-0.1, -0.05) is 50.2 Å². The van der Waals surface area contributed by atoms with Gasteiger partial charge in [-0.3, -0.25) is 4.99 Å². The molecule has 0 aromatic rings. The normalized spacial score (nSPS) is 19.2. The van der Waals surface area contributed by atoms with Crippen LogP contribution in [0.2, 0.25) is 0 Å². The fourth-order valence-corrected chi connectivity index (χ4v) is 3.42. The molecule has 0 saturated heterocycles. The minimum absolute atomic E-state index is 0. The van der Waals surface area contributed by atoms with E-state index in [0.29, 0.717) is 0 Å². The molecule has 134 valence electrons. The molecule has 0 atom stereocenters. The van der Waals surface area contributed by atoms with Crippen molar-refractivity contribution in [3.63, 3.8) is 0 Å². The maximum absolute atomic E-state index is 5.33. The van der Waals surface area contributed by atoms with E-state index < -0.39 is 0 Å². The number of halogens is 1. The molecule has 0 spiro atoms. The zero-order valence-electron chi connectivity index (χ0n) is 14.6. The van der Waals surface area contributed by atoms with Crippen molar-refractivity contribution in [2.75, 3.05) is 33.4 Å². The van der Waals surface area contributed by atoms with Crippen molar-refractivity contribution >= 4 is 29.9 Å². The third kappa shape index (κ3) is 8.94. The summed E-state index contributed by atoms with van der Waals surface area (Å²) in [4.78, 5) is 4.30. The van der Waals surface area contributed by atoms with Crippen LogP contribution in [0.4, 0.5) is 0 Å². The summed E-state index contributed by atoms with van der Waals surface area (Å²) in [5.74, 6) is 1.96. The van der Waals surface area contributed by atoms with E-state index in [1.54, 1.807) is 0 Å². The Kier molecular flexibility index (Phi) is 11.8. The van der Waals surface area contributed by atoms with Gasteiger partial charge in [0.05, 0.1) is 13.2 Å². The summed E-state index contributed by atoms with van der Waals surface area (Å²) in [7, 11) is 1.85. The van der Waals surface area contributed by atoms with Crippen LogP contribution >= 0.6 is 24.0 Å². The first-order valence-electron chi connectivity index (χ1n) is 9.08. The molecule has 0 radical (unpaired) electrons. The first-order chi connectivity index (χ1) is 10.9. The van der Waals surface area contributed by atoms with Crippen molar-refractivity contribution < 1.29 is 4.74 Å². The van der Waals surface area contributed by atoms with Gasteiger partial charge in [0.15, 0.2) is 5.96 Å². The lowest BCUT2D eigenvalue weighted by Crippen LogP contribution is -2.38. The Hall–Kier alpha value is -0.300. The van der Waals surface area contributed by atoms with Crippen LogP contribution in [0.1, 0.15) is 57.8 Å². The molecular formula is C18H34IN3O. The van der Waals surface area contributed by atoms with Crippen LogP contribution in [-0.2, 0) is 4.74 Å². The highest BCUT2D eigenvalue weighted by molar-refractivity contribution is 14.0. The molecule has 0 aromatic heterocycles. The van der Waals surface area contributed by atoms with Gasteiger partial charge in [0.2, 0.25) is 0 Å². The monoisotopic (exact) mass is 435 g/mol. The molecule has 23 heavy (non-hydrogen) atoms. The maximum atomic E-state index is 5.33. The Morgan fingerprint density at radius 3 is 2.70 bits per heavy atom. The average molecular weight is 435 g/mol. The van der Waals surface area contributed by atoms with Gasteiger partial charge in [-0.25, -0.2) is 0 Å². The zero-order valence-corrected chi connectivity index (χ0v) is 16.9. The molecule has 2 N–H and O–H groups in total. The molecule has 0 unspecified atom stereocenters. The number of hydrogen-bond donors (Lipinski definition) is 2. The van der Waals surface area contributed by atoms with E-state index in [0.717, 1.165) is 51.0 Å². The predicted octanol–water partition coefficient (Wildman–Crippen LogP) is 3.87. The van der Waals surface area contributed by atoms with Gasteiger partial charge in [0, 0.05) is 20.1 Å². The van der Waals surface area contributed by atoms with E-state index in [9.17, 15) is 0 Å². The van der Waals surface area contributed by atoms with Crippen molar-refractivity contribution in [3.05, 3.63) is 11.6 Å². The number of unbranched alkanes of at least 4 members (excludes halogenated alkanes) is 1. The quantitative estimate of drug-likeness (QED) is 0.200. The van der Waals surface area contributed by atoms with Gasteiger partial charge in [-0.2, -0.15) is 0 Å². The van der Waals surface area contributed by atoms with Crippen LogP contribution in [0.5, 0.6) is 0 Å². The standard InChI is InChI=1S/C18H33N3O.HI/c1-19-18(21-13-9-17-10-14-22-15-11-17)20-12-5-4-8-16-6-2-3-7-16;/h10,16H,2-9,11-15H2,1H3,(H2,19,20,21);1H. The lowest BCUT2D eigenvalue weighted by molar-refractivity contribution is 0.153. The number of rotatable bonds is 8. The van der Waals surface area contributed by atoms with E-state index >= 15 is 0 Å². The first-order valence-corrected chi connectivity index (χ1v) is 9.08. The Morgan fingerprint density at radius 1 is 1.22 bits per heavy atom. The molecule has 2 aliphatic rings. The molecule has 1 aliphatic heterocycles. The van der Waals surface area contributed by atoms with Gasteiger partial charge in [-0.15, -0.1) is 24.0 Å². The molecule has 4 nitrogen and oxygen atoms in total. The van der Waals surface area contributed by atoms with Gasteiger partial charge >= 0.3 is 0 Å². The van der Waals surface area contributed by atoms with Gasteiger partial charge < -0.3 is 15.4 Å². The smallest absolute Gasteiger partial charge is 0.190 e. The third-order valence-electron chi connectivity index (χ3n) is 4.83. The summed E-state index contributed by atoms with van der Waals surface area (Å²) in [5, 5.41) is 6.83. The van der Waals surface area contributed by atoms with E-state index in [2.05, 4.69) is 21.7 Å². The molecular weight excluding hydrogens is 401 g/mol. The Balaban J connectivity index is 0.00000264. The summed E-state index contributed by atoms with van der Waals surface area (Å²) < 4.78 is 5.33. The molecule has 0 amide bonds. The predicted molar refractivity (Wildman–Crippen MR) is 109 cm³/mol. The highest BCUT2D eigenvalue weighted by Crippen LogP contribution is 2.28. The minimum Gasteiger partial charge on any atom is -0.377 e. The topological polar surface area (TPSA) is 45.7 Å². The summed E-state index contributed by atoms with van der Waals surface area (Å²) in [6, 6.07) is 0. The molecule has 5 heteroatoms. The average Bonchev–Trinajstić information content (AvgIpc) is 3.07. The van der Waals surface area contributed by atoms with Gasteiger partial charge in [0.25, 0.3) is 0 Å². The summed E-state index contributed by atoms with van der Waals surface area (Å²) in [6.07, 6.45) is 14.3. The van der Waals surface area contributed by atoms with E-state index in [1.165, 1.54) is 50.5 Å². The number of hydrogen-bond acceptors (Lipinski definition) is 2. The molecule has 1 saturated carbocycles. The number of nitrogens with zero attached hydrogens (tertiary/aromatic N) is 1. The van der Waals surface area contributed by atoms with Crippen LogP contribution in [-0.4, -0.2) is 39.3 Å². The highest BCUT2D eigenvalue weighted by atomic mass is 127. The number of ether oxygens (including phenoxy) is 1. The lowest BCUT2D eigenvalue weighted by atomic mass is 10.0. The minimum atomic E-state index is 0. The van der Waals surface area contributed by atoms with Crippen molar-refractivity contribution in [1.82, 2.24) is 10.6 Å². The highest BCUT2D eigenvalue weighted by Gasteiger charge is 2.13. The van der Waals surface area contributed by atoms with Crippen LogP contribution < -0.4 is 10.6 Å². The summed E-state index contributed by atoms with van der Waals surface area (Å²) >= 11 is 0.